The van der Waals surface area contributed by atoms with Crippen molar-refractivity contribution in [2.24, 2.45) is 0 Å². The maximum atomic E-state index is 12.4. The molecule has 0 bridgehead atoms. The fourth-order valence-electron chi connectivity index (χ4n) is 1.99. The highest BCUT2D eigenvalue weighted by atomic mass is 35.5. The third-order valence-corrected chi connectivity index (χ3v) is 5.84. The van der Waals surface area contributed by atoms with E-state index in [9.17, 15) is 13.2 Å². The van der Waals surface area contributed by atoms with Gasteiger partial charge in [0.25, 0.3) is 10.0 Å². The van der Waals surface area contributed by atoms with Gasteiger partial charge in [0.05, 0.1) is 15.6 Å². The minimum atomic E-state index is -3.82. The first-order valence-corrected chi connectivity index (χ1v) is 9.56. The van der Waals surface area contributed by atoms with Gasteiger partial charge < -0.3 is 0 Å². The third-order valence-electron chi connectivity index (χ3n) is 3.15. The lowest BCUT2D eigenvalue weighted by Gasteiger charge is -2.10. The summed E-state index contributed by atoms with van der Waals surface area (Å²) in [5, 5.41) is 1.83. The Morgan fingerprint density at radius 3 is 2.73 bits per heavy atom. The van der Waals surface area contributed by atoms with E-state index in [0.29, 0.717) is 11.2 Å². The number of rotatable bonds is 7. The van der Waals surface area contributed by atoms with Crippen LogP contribution in [0.5, 0.6) is 0 Å². The highest BCUT2D eigenvalue weighted by molar-refractivity contribution is 7.92. The molecule has 1 aromatic heterocycles. The molecule has 0 radical (unpaired) electrons. The van der Waals surface area contributed by atoms with Crippen LogP contribution in [0.15, 0.2) is 34.5 Å². The van der Waals surface area contributed by atoms with Gasteiger partial charge in [0.1, 0.15) is 4.90 Å². The number of hydrogen-bond acceptors (Lipinski definition) is 4. The summed E-state index contributed by atoms with van der Waals surface area (Å²) in [6, 6.07) is 6.50. The maximum Gasteiger partial charge on any atom is 0.263 e. The van der Waals surface area contributed by atoms with Crippen molar-refractivity contribution in [1.82, 2.24) is 0 Å². The van der Waals surface area contributed by atoms with Crippen LogP contribution in [0.1, 0.15) is 35.0 Å². The number of anilines is 1. The number of benzene rings is 1. The largest absolute Gasteiger partial charge is 0.297 e. The van der Waals surface area contributed by atoms with E-state index in [2.05, 4.69) is 11.6 Å². The van der Waals surface area contributed by atoms with Crippen molar-refractivity contribution in [1.29, 1.82) is 0 Å². The molecule has 0 aliphatic rings. The Kier molecular flexibility index (Phi) is 5.61. The summed E-state index contributed by atoms with van der Waals surface area (Å²) in [4.78, 5) is 11.2. The van der Waals surface area contributed by atoms with Gasteiger partial charge in [-0.25, -0.2) is 8.42 Å². The average Bonchev–Trinajstić information content (AvgIpc) is 2.91. The van der Waals surface area contributed by atoms with Crippen LogP contribution >= 0.6 is 22.9 Å². The van der Waals surface area contributed by atoms with Crippen molar-refractivity contribution < 1.29 is 13.2 Å². The van der Waals surface area contributed by atoms with Gasteiger partial charge in [-0.1, -0.05) is 31.0 Å². The first-order valence-electron chi connectivity index (χ1n) is 6.82. The van der Waals surface area contributed by atoms with Crippen LogP contribution in [0.2, 0.25) is 5.02 Å². The molecule has 2 rings (SSSR count). The molecule has 0 spiro atoms. The number of carbonyl (C=O) groups excluding carboxylic acids is 1. The lowest BCUT2D eigenvalue weighted by molar-refractivity contribution is 0.112. The van der Waals surface area contributed by atoms with E-state index in [4.69, 9.17) is 11.6 Å². The molecule has 4 nitrogen and oxygen atoms in total. The van der Waals surface area contributed by atoms with Crippen LogP contribution in [0, 0.1) is 0 Å². The number of halogens is 1. The Morgan fingerprint density at radius 1 is 1.32 bits per heavy atom. The molecule has 7 heteroatoms. The second-order valence-electron chi connectivity index (χ2n) is 4.79. The van der Waals surface area contributed by atoms with Crippen LogP contribution in [0.25, 0.3) is 0 Å². The molecule has 0 fully saturated rings. The number of aryl methyl sites for hydroxylation is 1. The summed E-state index contributed by atoms with van der Waals surface area (Å²) in [6.07, 6.45) is 3.58. The zero-order chi connectivity index (χ0) is 16.2. The van der Waals surface area contributed by atoms with E-state index in [1.54, 1.807) is 23.6 Å². The molecule has 0 unspecified atom stereocenters. The van der Waals surface area contributed by atoms with E-state index < -0.39 is 10.0 Å². The summed E-state index contributed by atoms with van der Waals surface area (Å²) < 4.78 is 27.2. The van der Waals surface area contributed by atoms with Crippen molar-refractivity contribution in [3.8, 4) is 0 Å². The SMILES string of the molecule is CCCCc1ccc(S(=O)(=O)Nc2ccsc2C=O)c(Cl)c1. The van der Waals surface area contributed by atoms with Gasteiger partial charge >= 0.3 is 0 Å². The summed E-state index contributed by atoms with van der Waals surface area (Å²) in [6.45, 7) is 2.09. The lowest BCUT2D eigenvalue weighted by Crippen LogP contribution is -2.14. The molecule has 0 aliphatic carbocycles. The molecule has 118 valence electrons. The van der Waals surface area contributed by atoms with Crippen LogP contribution in [0.4, 0.5) is 5.69 Å². The third kappa shape index (κ3) is 3.88. The second-order valence-corrected chi connectivity index (χ2v) is 7.80. The molecular formula is C15H16ClNO3S2. The molecule has 0 saturated carbocycles. The van der Waals surface area contributed by atoms with E-state index in [-0.39, 0.29) is 15.6 Å². The molecule has 1 heterocycles. The van der Waals surface area contributed by atoms with Crippen LogP contribution in [-0.4, -0.2) is 14.7 Å². The number of carbonyl (C=O) groups is 1. The Bertz CT molecular complexity index is 769. The molecule has 0 amide bonds. The smallest absolute Gasteiger partial charge is 0.263 e. The molecular weight excluding hydrogens is 342 g/mol. The monoisotopic (exact) mass is 357 g/mol. The number of hydrogen-bond donors (Lipinski definition) is 1. The molecule has 22 heavy (non-hydrogen) atoms. The average molecular weight is 358 g/mol. The molecule has 0 aliphatic heterocycles. The van der Waals surface area contributed by atoms with Gasteiger partial charge in [-0.3, -0.25) is 9.52 Å². The quantitative estimate of drug-likeness (QED) is 0.749. The Labute approximate surface area is 139 Å². The number of nitrogens with one attached hydrogen (secondary N) is 1. The van der Waals surface area contributed by atoms with Gasteiger partial charge in [0, 0.05) is 0 Å². The lowest BCUT2D eigenvalue weighted by atomic mass is 10.1. The van der Waals surface area contributed by atoms with Crippen molar-refractivity contribution in [2.75, 3.05) is 4.72 Å². The van der Waals surface area contributed by atoms with E-state index in [0.717, 1.165) is 24.8 Å². The number of aldehydes is 1. The molecule has 0 atom stereocenters. The zero-order valence-corrected chi connectivity index (χ0v) is 14.4. The zero-order valence-electron chi connectivity index (χ0n) is 12.0. The van der Waals surface area contributed by atoms with Crippen LogP contribution in [0.3, 0.4) is 0 Å². The van der Waals surface area contributed by atoms with Gasteiger partial charge in [-0.15, -0.1) is 11.3 Å². The minimum Gasteiger partial charge on any atom is -0.297 e. The normalized spacial score (nSPS) is 11.4. The summed E-state index contributed by atoms with van der Waals surface area (Å²) in [5.74, 6) is 0. The molecule has 1 N–H and O–H groups in total. The van der Waals surface area contributed by atoms with Crippen molar-refractivity contribution in [3.05, 3.63) is 45.1 Å². The molecule has 0 saturated heterocycles. The Balaban J connectivity index is 2.27. The fourth-order valence-corrected chi connectivity index (χ4v) is 4.36. The first-order chi connectivity index (χ1) is 10.5. The van der Waals surface area contributed by atoms with Gasteiger partial charge in [-0.05, 0) is 42.0 Å². The minimum absolute atomic E-state index is 0.0115. The fraction of sp³-hybridized carbons (Fsp3) is 0.267. The summed E-state index contributed by atoms with van der Waals surface area (Å²) >= 11 is 7.29. The second kappa shape index (κ2) is 7.26. The molecule has 2 aromatic rings. The first kappa shape index (κ1) is 17.0. The van der Waals surface area contributed by atoms with Gasteiger partial charge in [-0.2, -0.15) is 0 Å². The van der Waals surface area contributed by atoms with Crippen molar-refractivity contribution >= 4 is 44.9 Å². The summed E-state index contributed by atoms with van der Waals surface area (Å²) in [7, 11) is -3.82. The van der Waals surface area contributed by atoms with E-state index >= 15 is 0 Å². The van der Waals surface area contributed by atoms with Crippen molar-refractivity contribution in [2.45, 2.75) is 31.1 Å². The van der Waals surface area contributed by atoms with Crippen LogP contribution in [-0.2, 0) is 16.4 Å². The standard InChI is InChI=1S/C15H16ClNO3S2/c1-2-3-4-11-5-6-15(12(16)9-11)22(19,20)17-13-7-8-21-14(13)10-18/h5-10,17H,2-4H2,1H3. The maximum absolute atomic E-state index is 12.4. The number of unbranched alkanes of at least 4 members (excludes halogenated alkanes) is 1. The number of thiophene rings is 1. The Morgan fingerprint density at radius 2 is 2.09 bits per heavy atom. The predicted octanol–water partition coefficient (Wildman–Crippen LogP) is 4.36. The van der Waals surface area contributed by atoms with Crippen LogP contribution < -0.4 is 4.72 Å². The van der Waals surface area contributed by atoms with E-state index in [1.165, 1.54) is 17.4 Å². The highest BCUT2D eigenvalue weighted by Gasteiger charge is 2.20. The highest BCUT2D eigenvalue weighted by Crippen LogP contribution is 2.28. The topological polar surface area (TPSA) is 63.2 Å². The van der Waals surface area contributed by atoms with Gasteiger partial charge in [0.15, 0.2) is 6.29 Å². The van der Waals surface area contributed by atoms with Crippen molar-refractivity contribution in [3.63, 3.8) is 0 Å². The van der Waals surface area contributed by atoms with Gasteiger partial charge in [0.2, 0.25) is 0 Å². The predicted molar refractivity (Wildman–Crippen MR) is 90.6 cm³/mol. The number of sulfonamides is 1. The summed E-state index contributed by atoms with van der Waals surface area (Å²) in [5.41, 5.74) is 1.28. The van der Waals surface area contributed by atoms with E-state index in [1.807, 2.05) is 0 Å². The molecule has 1 aromatic carbocycles. The Hall–Kier alpha value is -1.37.